The van der Waals surface area contributed by atoms with Gasteiger partial charge < -0.3 is 15.7 Å². The number of benzene rings is 1. The van der Waals surface area contributed by atoms with Crippen LogP contribution in [0.5, 0.6) is 5.75 Å². The highest BCUT2D eigenvalue weighted by Crippen LogP contribution is 2.29. The van der Waals surface area contributed by atoms with E-state index in [0.717, 1.165) is 6.42 Å². The molecule has 3 N–H and O–H groups in total. The van der Waals surface area contributed by atoms with Crippen molar-refractivity contribution in [1.29, 1.82) is 0 Å². The zero-order valence-electron chi connectivity index (χ0n) is 11.2. The van der Waals surface area contributed by atoms with E-state index in [1.54, 1.807) is 6.07 Å². The van der Waals surface area contributed by atoms with Crippen molar-refractivity contribution < 1.29 is 14.3 Å². The first kappa shape index (κ1) is 15.8. The van der Waals surface area contributed by atoms with Crippen molar-refractivity contribution in [2.45, 2.75) is 33.3 Å². The molecule has 0 heterocycles. The molecule has 0 amide bonds. The van der Waals surface area contributed by atoms with Crippen LogP contribution in [0, 0.1) is 11.7 Å². The minimum atomic E-state index is -0.556. The van der Waals surface area contributed by atoms with Crippen LogP contribution >= 0.6 is 15.9 Å². The summed E-state index contributed by atoms with van der Waals surface area (Å²) in [5.41, 5.74) is 5.73. The minimum Gasteiger partial charge on any atom is -0.488 e. The van der Waals surface area contributed by atoms with E-state index in [9.17, 15) is 4.39 Å². The largest absolute Gasteiger partial charge is 0.488 e. The van der Waals surface area contributed by atoms with Crippen LogP contribution in [0.1, 0.15) is 32.8 Å². The van der Waals surface area contributed by atoms with Gasteiger partial charge >= 0.3 is 0 Å². The van der Waals surface area contributed by atoms with Gasteiger partial charge in [-0.15, -0.1) is 0 Å². The summed E-state index contributed by atoms with van der Waals surface area (Å²) < 4.78 is 19.8. The number of hydrogen-bond acceptors (Lipinski definition) is 3. The lowest BCUT2D eigenvalue weighted by atomic mass is 10.1. The number of nitrogens with zero attached hydrogens (tertiary/aromatic N) is 1. The van der Waals surface area contributed by atoms with Gasteiger partial charge in [-0.1, -0.05) is 19.0 Å². The van der Waals surface area contributed by atoms with Crippen molar-refractivity contribution in [1.82, 2.24) is 0 Å². The van der Waals surface area contributed by atoms with Crippen LogP contribution < -0.4 is 10.5 Å². The van der Waals surface area contributed by atoms with E-state index in [-0.39, 0.29) is 27.7 Å². The Labute approximate surface area is 120 Å². The first-order chi connectivity index (χ1) is 8.86. The van der Waals surface area contributed by atoms with Gasteiger partial charge in [-0.25, -0.2) is 4.39 Å². The molecule has 0 spiro atoms. The van der Waals surface area contributed by atoms with Crippen molar-refractivity contribution in [3.63, 3.8) is 0 Å². The molecule has 19 heavy (non-hydrogen) atoms. The van der Waals surface area contributed by atoms with Gasteiger partial charge in [-0.2, -0.15) is 0 Å². The first-order valence-electron chi connectivity index (χ1n) is 5.99. The molecule has 1 unspecified atom stereocenters. The van der Waals surface area contributed by atoms with Crippen LogP contribution in [0.3, 0.4) is 0 Å². The maximum absolute atomic E-state index is 14.1. The Morgan fingerprint density at radius 3 is 2.63 bits per heavy atom. The normalized spacial score (nSPS) is 13.7. The fourth-order valence-electron chi connectivity index (χ4n) is 1.80. The van der Waals surface area contributed by atoms with E-state index in [2.05, 4.69) is 34.9 Å². The maximum Gasteiger partial charge on any atom is 0.179 e. The highest BCUT2D eigenvalue weighted by atomic mass is 79.9. The smallest absolute Gasteiger partial charge is 0.179 e. The second-order valence-corrected chi connectivity index (χ2v) is 5.58. The average Bonchev–Trinajstić information content (AvgIpc) is 2.33. The number of hydrogen-bond donors (Lipinski definition) is 2. The molecule has 0 bridgehead atoms. The fourth-order valence-corrected chi connectivity index (χ4v) is 2.33. The molecule has 4 nitrogen and oxygen atoms in total. The standard InChI is InChI=1S/C13H18BrFN2O2/c1-7(2)6-8(3)19-10-5-4-9(13(16)17-18)11(14)12(10)15/h4-5,7-8,18H,6H2,1-3H3,(H2,16,17). The lowest BCUT2D eigenvalue weighted by Crippen LogP contribution is -2.17. The monoisotopic (exact) mass is 332 g/mol. The number of rotatable bonds is 5. The molecule has 0 saturated carbocycles. The highest BCUT2D eigenvalue weighted by molar-refractivity contribution is 9.10. The van der Waals surface area contributed by atoms with E-state index in [4.69, 9.17) is 15.7 Å². The van der Waals surface area contributed by atoms with Crippen molar-refractivity contribution in [2.75, 3.05) is 0 Å². The van der Waals surface area contributed by atoms with Gasteiger partial charge in [0.15, 0.2) is 17.4 Å². The topological polar surface area (TPSA) is 67.8 Å². The van der Waals surface area contributed by atoms with Gasteiger partial charge in [0.05, 0.1) is 10.6 Å². The fraction of sp³-hybridized carbons (Fsp3) is 0.462. The third kappa shape index (κ3) is 4.09. The van der Waals surface area contributed by atoms with Gasteiger partial charge in [0.1, 0.15) is 0 Å². The summed E-state index contributed by atoms with van der Waals surface area (Å²) in [6, 6.07) is 3.02. The number of nitrogens with two attached hydrogens (primary N) is 1. The van der Waals surface area contributed by atoms with Crippen molar-refractivity contribution in [3.8, 4) is 5.75 Å². The average molecular weight is 333 g/mol. The summed E-state index contributed by atoms with van der Waals surface area (Å²) >= 11 is 3.09. The van der Waals surface area contributed by atoms with Gasteiger partial charge in [0.25, 0.3) is 0 Å². The maximum atomic E-state index is 14.1. The van der Waals surface area contributed by atoms with E-state index in [0.29, 0.717) is 5.92 Å². The van der Waals surface area contributed by atoms with Crippen molar-refractivity contribution in [2.24, 2.45) is 16.8 Å². The number of halogens is 2. The zero-order valence-corrected chi connectivity index (χ0v) is 12.7. The van der Waals surface area contributed by atoms with E-state index >= 15 is 0 Å². The molecule has 0 radical (unpaired) electrons. The Morgan fingerprint density at radius 1 is 1.47 bits per heavy atom. The second kappa shape index (κ2) is 6.75. The second-order valence-electron chi connectivity index (χ2n) is 4.78. The van der Waals surface area contributed by atoms with Crippen LogP contribution in [0.25, 0.3) is 0 Å². The quantitative estimate of drug-likeness (QED) is 0.375. The van der Waals surface area contributed by atoms with E-state index in [1.807, 2.05) is 6.92 Å². The lowest BCUT2D eigenvalue weighted by molar-refractivity contribution is 0.185. The summed E-state index contributed by atoms with van der Waals surface area (Å²) in [5.74, 6) is -0.0975. The van der Waals surface area contributed by atoms with Gasteiger partial charge in [-0.05, 0) is 47.3 Å². The molecule has 0 saturated heterocycles. The van der Waals surface area contributed by atoms with Gasteiger partial charge in [-0.3, -0.25) is 0 Å². The van der Waals surface area contributed by atoms with Gasteiger partial charge in [0, 0.05) is 5.56 Å². The number of ether oxygens (including phenoxy) is 1. The van der Waals surface area contributed by atoms with Crippen molar-refractivity contribution in [3.05, 3.63) is 28.0 Å². The molecule has 0 aliphatic rings. The summed E-state index contributed by atoms with van der Waals surface area (Å²) in [6.45, 7) is 6.05. The molecule has 1 atom stereocenters. The Morgan fingerprint density at radius 2 is 2.11 bits per heavy atom. The Kier molecular flexibility index (Phi) is 5.60. The molecular formula is C13H18BrFN2O2. The van der Waals surface area contributed by atoms with Crippen LogP contribution in [0.15, 0.2) is 21.8 Å². The molecule has 0 aliphatic carbocycles. The third-order valence-electron chi connectivity index (χ3n) is 2.56. The molecule has 0 aromatic heterocycles. The molecule has 1 aromatic rings. The van der Waals surface area contributed by atoms with E-state index in [1.165, 1.54) is 6.07 Å². The summed E-state index contributed by atoms with van der Waals surface area (Å²) in [7, 11) is 0. The molecular weight excluding hydrogens is 315 g/mol. The Hall–Kier alpha value is -1.30. The molecule has 6 heteroatoms. The molecule has 106 valence electrons. The Balaban J connectivity index is 2.97. The predicted octanol–water partition coefficient (Wildman–Crippen LogP) is 3.50. The van der Waals surface area contributed by atoms with Crippen LogP contribution in [-0.2, 0) is 0 Å². The summed E-state index contributed by atoms with van der Waals surface area (Å²) in [5, 5.41) is 11.5. The summed E-state index contributed by atoms with van der Waals surface area (Å²) in [6.07, 6.45) is 0.745. The van der Waals surface area contributed by atoms with Crippen LogP contribution in [0.2, 0.25) is 0 Å². The molecule has 0 fully saturated rings. The highest BCUT2D eigenvalue weighted by Gasteiger charge is 2.17. The predicted molar refractivity (Wildman–Crippen MR) is 76.2 cm³/mol. The summed E-state index contributed by atoms with van der Waals surface area (Å²) in [4.78, 5) is 0. The SMILES string of the molecule is CC(C)CC(C)Oc1ccc(/C(N)=N/O)c(Br)c1F. The molecule has 1 rings (SSSR count). The Bertz CT molecular complexity index is 478. The minimum absolute atomic E-state index is 0.0869. The van der Waals surface area contributed by atoms with E-state index < -0.39 is 5.82 Å². The van der Waals surface area contributed by atoms with Crippen LogP contribution in [0.4, 0.5) is 4.39 Å². The lowest BCUT2D eigenvalue weighted by Gasteiger charge is -2.18. The first-order valence-corrected chi connectivity index (χ1v) is 6.78. The third-order valence-corrected chi connectivity index (χ3v) is 3.34. The van der Waals surface area contributed by atoms with Gasteiger partial charge in [0.2, 0.25) is 0 Å². The molecule has 0 aliphatic heterocycles. The molecule has 1 aromatic carbocycles. The number of oxime groups is 1. The van der Waals surface area contributed by atoms with Crippen molar-refractivity contribution >= 4 is 21.8 Å². The zero-order chi connectivity index (χ0) is 14.6. The van der Waals surface area contributed by atoms with Crippen LogP contribution in [-0.4, -0.2) is 17.1 Å². The number of amidine groups is 1.